The van der Waals surface area contributed by atoms with Gasteiger partial charge in [0.2, 0.25) is 0 Å². The van der Waals surface area contributed by atoms with E-state index in [0.717, 1.165) is 12.8 Å². The highest BCUT2D eigenvalue weighted by molar-refractivity contribution is 4.48. The van der Waals surface area contributed by atoms with E-state index in [1.165, 1.54) is 135 Å². The highest BCUT2D eigenvalue weighted by atomic mass is 16.3. The molecule has 0 radical (unpaired) electrons. The molecule has 2 N–H and O–H groups in total. The molecule has 0 unspecified atom stereocenters. The molecule has 29 heavy (non-hydrogen) atoms. The molecule has 0 bridgehead atoms. The molecule has 0 fully saturated rings. The van der Waals surface area contributed by atoms with E-state index in [0.29, 0.717) is 13.2 Å². The molecular formula is C27H58O2. The van der Waals surface area contributed by atoms with E-state index in [-0.39, 0.29) is 0 Å². The molecule has 0 saturated heterocycles. The normalized spacial score (nSPS) is 10.8. The van der Waals surface area contributed by atoms with Crippen LogP contribution in [0, 0.1) is 0 Å². The van der Waals surface area contributed by atoms with Crippen molar-refractivity contribution < 1.29 is 10.2 Å². The van der Waals surface area contributed by atoms with Crippen LogP contribution < -0.4 is 0 Å². The topological polar surface area (TPSA) is 40.5 Å². The van der Waals surface area contributed by atoms with Gasteiger partial charge in [-0.15, -0.1) is 0 Å². The van der Waals surface area contributed by atoms with Crippen molar-refractivity contribution in [2.75, 3.05) is 13.2 Å². The maximum atomic E-state index is 8.61. The van der Waals surface area contributed by atoms with Crippen molar-refractivity contribution >= 4 is 0 Å². The zero-order valence-corrected chi connectivity index (χ0v) is 20.6. The van der Waals surface area contributed by atoms with Gasteiger partial charge in [0.25, 0.3) is 0 Å². The summed E-state index contributed by atoms with van der Waals surface area (Å²) in [6.07, 6.45) is 31.0. The lowest BCUT2D eigenvalue weighted by Crippen LogP contribution is -1.84. The fourth-order valence-corrected chi connectivity index (χ4v) is 3.73. The molecule has 0 rings (SSSR count). The van der Waals surface area contributed by atoms with Crippen LogP contribution in [0.15, 0.2) is 0 Å². The molecule has 0 aromatic heterocycles. The largest absolute Gasteiger partial charge is 0.396 e. The van der Waals surface area contributed by atoms with Crippen LogP contribution in [-0.2, 0) is 0 Å². The van der Waals surface area contributed by atoms with Crippen molar-refractivity contribution in [3.8, 4) is 0 Å². The average Bonchev–Trinajstić information content (AvgIpc) is 2.74. The summed E-state index contributed by atoms with van der Waals surface area (Å²) in [5.41, 5.74) is 0. The Kier molecular flexibility index (Phi) is 35.0. The van der Waals surface area contributed by atoms with Crippen LogP contribution in [-0.4, -0.2) is 23.4 Å². The van der Waals surface area contributed by atoms with Gasteiger partial charge in [-0.25, -0.2) is 0 Å². The van der Waals surface area contributed by atoms with Crippen LogP contribution in [0.4, 0.5) is 0 Å². The van der Waals surface area contributed by atoms with Gasteiger partial charge in [-0.1, -0.05) is 149 Å². The molecule has 0 atom stereocenters. The number of hydrogen-bond acceptors (Lipinski definition) is 2. The van der Waals surface area contributed by atoms with Gasteiger partial charge in [-0.2, -0.15) is 0 Å². The molecule has 0 aliphatic rings. The summed E-state index contributed by atoms with van der Waals surface area (Å²) in [7, 11) is 0. The second kappa shape index (κ2) is 32.6. The number of rotatable bonds is 23. The molecule has 178 valence electrons. The average molecular weight is 415 g/mol. The number of unbranched alkanes of at least 4 members (excludes halogenated alkanes) is 21. The zero-order chi connectivity index (χ0) is 21.7. The third-order valence-electron chi connectivity index (χ3n) is 5.77. The van der Waals surface area contributed by atoms with Gasteiger partial charge in [0.05, 0.1) is 0 Å². The lowest BCUT2D eigenvalue weighted by atomic mass is 10.1. The summed E-state index contributed by atoms with van der Waals surface area (Å²) < 4.78 is 0. The highest BCUT2D eigenvalue weighted by Gasteiger charge is 1.93. The van der Waals surface area contributed by atoms with Gasteiger partial charge in [0, 0.05) is 13.2 Å². The van der Waals surface area contributed by atoms with Crippen LogP contribution in [0.2, 0.25) is 0 Å². The molecule has 0 heterocycles. The molecule has 0 aliphatic heterocycles. The predicted molar refractivity (Wildman–Crippen MR) is 132 cm³/mol. The summed E-state index contributed by atoms with van der Waals surface area (Å²) in [6.45, 7) is 5.28. The van der Waals surface area contributed by atoms with Crippen LogP contribution in [0.3, 0.4) is 0 Å². The summed E-state index contributed by atoms with van der Waals surface area (Å²) in [5, 5.41) is 17.2. The lowest BCUT2D eigenvalue weighted by molar-refractivity contribution is 0.282. The molecule has 0 aromatic rings. The molecule has 0 aliphatic carbocycles. The van der Waals surface area contributed by atoms with Gasteiger partial charge >= 0.3 is 0 Å². The number of aliphatic hydroxyl groups is 2. The summed E-state index contributed by atoms with van der Waals surface area (Å²) in [6, 6.07) is 0. The second-order valence-corrected chi connectivity index (χ2v) is 8.87. The fraction of sp³-hybridized carbons (Fsp3) is 1.00. The van der Waals surface area contributed by atoms with Crippen molar-refractivity contribution in [1.82, 2.24) is 0 Å². The van der Waals surface area contributed by atoms with Gasteiger partial charge < -0.3 is 10.2 Å². The third-order valence-corrected chi connectivity index (χ3v) is 5.77. The quantitative estimate of drug-likeness (QED) is 0.164. The highest BCUT2D eigenvalue weighted by Crippen LogP contribution is 2.12. The first-order chi connectivity index (χ1) is 14.3. The summed E-state index contributed by atoms with van der Waals surface area (Å²) >= 11 is 0. The summed E-state index contributed by atoms with van der Waals surface area (Å²) in [4.78, 5) is 0. The van der Waals surface area contributed by atoms with Crippen LogP contribution in [0.25, 0.3) is 0 Å². The minimum atomic E-state index is 0.372. The minimum Gasteiger partial charge on any atom is -0.396 e. The van der Waals surface area contributed by atoms with Crippen molar-refractivity contribution in [3.63, 3.8) is 0 Å². The Labute approximate surface area is 185 Å². The van der Waals surface area contributed by atoms with Gasteiger partial charge in [-0.3, -0.25) is 0 Å². The molecule has 0 spiro atoms. The van der Waals surface area contributed by atoms with Crippen molar-refractivity contribution in [2.24, 2.45) is 0 Å². The molecule has 0 aromatic carbocycles. The Balaban J connectivity index is 0. The Morgan fingerprint density at radius 2 is 0.448 bits per heavy atom. The number of aliphatic hydroxyl groups excluding tert-OH is 2. The van der Waals surface area contributed by atoms with Crippen molar-refractivity contribution in [1.29, 1.82) is 0 Å². The summed E-state index contributed by atoms with van der Waals surface area (Å²) in [5.74, 6) is 0. The lowest BCUT2D eigenvalue weighted by Gasteiger charge is -2.01. The van der Waals surface area contributed by atoms with Crippen molar-refractivity contribution in [2.45, 2.75) is 162 Å². The Morgan fingerprint density at radius 1 is 0.276 bits per heavy atom. The van der Waals surface area contributed by atoms with E-state index in [4.69, 9.17) is 10.2 Å². The molecule has 0 saturated carbocycles. The molecule has 2 heteroatoms. The Bertz CT molecular complexity index is 219. The first kappa shape index (κ1) is 31.1. The van der Waals surface area contributed by atoms with Crippen LogP contribution in [0.1, 0.15) is 162 Å². The van der Waals surface area contributed by atoms with Gasteiger partial charge in [0.1, 0.15) is 0 Å². The van der Waals surface area contributed by atoms with Crippen LogP contribution in [0.5, 0.6) is 0 Å². The maximum Gasteiger partial charge on any atom is 0.0431 e. The molecular weight excluding hydrogens is 356 g/mol. The minimum absolute atomic E-state index is 0.372. The third kappa shape index (κ3) is 35.7. The van der Waals surface area contributed by atoms with Crippen molar-refractivity contribution in [3.05, 3.63) is 0 Å². The van der Waals surface area contributed by atoms with E-state index < -0.39 is 0 Å². The standard InChI is InChI=1S/C14H30O.C13H28O/c1-2-3-4-5-6-7-8-9-10-11-12-13-14-15;1-2-3-4-5-6-7-8-9-10-11-12-13-14/h15H,2-14H2,1H3;14H,2-13H2,1H3. The second-order valence-electron chi connectivity index (χ2n) is 8.87. The van der Waals surface area contributed by atoms with Gasteiger partial charge in [0.15, 0.2) is 0 Å². The maximum absolute atomic E-state index is 8.61. The number of hydrogen-bond donors (Lipinski definition) is 2. The first-order valence-electron chi connectivity index (χ1n) is 13.5. The van der Waals surface area contributed by atoms with E-state index in [2.05, 4.69) is 13.8 Å². The zero-order valence-electron chi connectivity index (χ0n) is 20.6. The monoisotopic (exact) mass is 414 g/mol. The van der Waals surface area contributed by atoms with E-state index >= 15 is 0 Å². The van der Waals surface area contributed by atoms with Gasteiger partial charge in [-0.05, 0) is 12.8 Å². The Hall–Kier alpha value is -0.0800. The van der Waals surface area contributed by atoms with E-state index in [1.54, 1.807) is 0 Å². The molecule has 0 amide bonds. The van der Waals surface area contributed by atoms with E-state index in [9.17, 15) is 0 Å². The van der Waals surface area contributed by atoms with Crippen LogP contribution >= 0.6 is 0 Å². The molecule has 2 nitrogen and oxygen atoms in total. The first-order valence-corrected chi connectivity index (χ1v) is 13.5. The fourth-order valence-electron chi connectivity index (χ4n) is 3.73. The predicted octanol–water partition coefficient (Wildman–Crippen LogP) is 8.97. The Morgan fingerprint density at radius 3 is 0.621 bits per heavy atom. The smallest absolute Gasteiger partial charge is 0.0431 e. The SMILES string of the molecule is CCCCCCCCCCCCCCO.CCCCCCCCCCCCCO. The van der Waals surface area contributed by atoms with E-state index in [1.807, 2.05) is 0 Å².